The average molecular weight is 439 g/mol. The summed E-state index contributed by atoms with van der Waals surface area (Å²) in [5.41, 5.74) is 0. The molecule has 0 fully saturated rings. The van der Waals surface area contributed by atoms with Gasteiger partial charge in [-0.15, -0.1) is 0 Å². The molecule has 1 N–H and O–H groups in total. The van der Waals surface area contributed by atoms with E-state index in [0.717, 1.165) is 19.3 Å². The van der Waals surface area contributed by atoms with Gasteiger partial charge in [0, 0.05) is 13.6 Å². The number of benzene rings is 1. The molecule has 0 spiro atoms. The van der Waals surface area contributed by atoms with Gasteiger partial charge >= 0.3 is 0 Å². The minimum atomic E-state index is -3.64. The summed E-state index contributed by atoms with van der Waals surface area (Å²) in [7, 11) is -2.06. The zero-order valence-corrected chi connectivity index (χ0v) is 20.2. The van der Waals surface area contributed by atoms with Gasteiger partial charge in [0.05, 0.1) is 0 Å². The molecule has 1 radical (unpaired) electrons. The van der Waals surface area contributed by atoms with Crippen molar-refractivity contribution < 1.29 is 13.5 Å². The lowest BCUT2D eigenvalue weighted by Gasteiger charge is -2.17. The molecular formula is C25H44NO3S. The van der Waals surface area contributed by atoms with Crippen molar-refractivity contribution in [3.8, 4) is 5.75 Å². The van der Waals surface area contributed by atoms with Gasteiger partial charge in [0.2, 0.25) is 10.0 Å². The number of phenolic OH excluding ortho intramolecular Hbond substituents is 1. The van der Waals surface area contributed by atoms with Crippen LogP contribution < -0.4 is 0 Å². The summed E-state index contributed by atoms with van der Waals surface area (Å²) >= 11 is 0. The highest BCUT2D eigenvalue weighted by Crippen LogP contribution is 2.24. The van der Waals surface area contributed by atoms with Crippen LogP contribution in [0.3, 0.4) is 0 Å². The van der Waals surface area contributed by atoms with E-state index in [0.29, 0.717) is 6.54 Å². The second-order valence-corrected chi connectivity index (χ2v) is 10.5. The first-order chi connectivity index (χ1) is 14.5. The predicted molar refractivity (Wildman–Crippen MR) is 126 cm³/mol. The van der Waals surface area contributed by atoms with E-state index in [1.165, 1.54) is 106 Å². The molecule has 1 rings (SSSR count). The quantitative estimate of drug-likeness (QED) is 0.235. The molecule has 30 heavy (non-hydrogen) atoms. The van der Waals surface area contributed by atoms with E-state index in [2.05, 4.69) is 13.0 Å². The van der Waals surface area contributed by atoms with E-state index in [9.17, 15) is 13.5 Å². The van der Waals surface area contributed by atoms with Crippen LogP contribution in [0.25, 0.3) is 0 Å². The lowest BCUT2D eigenvalue weighted by atomic mass is 10.0. The van der Waals surface area contributed by atoms with Crippen LogP contribution in [-0.4, -0.2) is 31.4 Å². The fourth-order valence-electron chi connectivity index (χ4n) is 3.78. The van der Waals surface area contributed by atoms with Crippen molar-refractivity contribution in [2.24, 2.45) is 0 Å². The first-order valence-electron chi connectivity index (χ1n) is 12.2. The van der Waals surface area contributed by atoms with Crippen LogP contribution in [-0.2, 0) is 10.0 Å². The molecule has 0 heterocycles. The van der Waals surface area contributed by atoms with Crippen LogP contribution in [0.5, 0.6) is 5.75 Å². The minimum absolute atomic E-state index is 0.0657. The van der Waals surface area contributed by atoms with Crippen LogP contribution in [0.4, 0.5) is 0 Å². The molecule has 0 aliphatic rings. The molecule has 173 valence electrons. The fourth-order valence-corrected chi connectivity index (χ4v) is 5.04. The Hall–Kier alpha value is -1.07. The Labute approximate surface area is 186 Å². The monoisotopic (exact) mass is 438 g/mol. The zero-order valence-electron chi connectivity index (χ0n) is 19.4. The number of hydrogen-bond acceptors (Lipinski definition) is 3. The van der Waals surface area contributed by atoms with Crippen LogP contribution in [0.2, 0.25) is 0 Å². The summed E-state index contributed by atoms with van der Waals surface area (Å²) in [5, 5.41) is 9.78. The van der Waals surface area contributed by atoms with Crippen molar-refractivity contribution in [3.05, 3.63) is 24.3 Å². The van der Waals surface area contributed by atoms with Gasteiger partial charge in [0.1, 0.15) is 10.6 Å². The molecule has 0 aliphatic heterocycles. The van der Waals surface area contributed by atoms with Gasteiger partial charge in [0.25, 0.3) is 0 Å². The summed E-state index contributed by atoms with van der Waals surface area (Å²) in [6, 6.07) is 6.91. The number of aromatic hydroxyl groups is 1. The number of nitrogens with zero attached hydrogens (tertiary/aromatic N) is 1. The Bertz CT molecular complexity index is 646. The van der Waals surface area contributed by atoms with E-state index in [1.807, 2.05) is 0 Å². The van der Waals surface area contributed by atoms with Crippen molar-refractivity contribution >= 4 is 10.0 Å². The number of hydrogen-bond donors (Lipinski definition) is 1. The normalized spacial score (nSPS) is 12.0. The molecule has 4 nitrogen and oxygen atoms in total. The van der Waals surface area contributed by atoms with Crippen LogP contribution in [0, 0.1) is 6.07 Å². The molecule has 5 heteroatoms. The summed E-state index contributed by atoms with van der Waals surface area (Å²) in [6.07, 6.45) is 20.8. The van der Waals surface area contributed by atoms with Crippen molar-refractivity contribution in [2.45, 2.75) is 115 Å². The van der Waals surface area contributed by atoms with Gasteiger partial charge in [0.15, 0.2) is 0 Å². The van der Waals surface area contributed by atoms with E-state index in [4.69, 9.17) is 0 Å². The number of phenols is 1. The Morgan fingerprint density at radius 3 is 1.67 bits per heavy atom. The molecule has 0 saturated carbocycles. The summed E-state index contributed by atoms with van der Waals surface area (Å²) in [5.74, 6) is -0.215. The predicted octanol–water partition coefficient (Wildman–Crippen LogP) is 7.07. The number of sulfonamides is 1. The van der Waals surface area contributed by atoms with Crippen molar-refractivity contribution in [2.75, 3.05) is 13.6 Å². The first-order valence-corrected chi connectivity index (χ1v) is 13.6. The van der Waals surface area contributed by atoms with Gasteiger partial charge in [-0.1, -0.05) is 109 Å². The second kappa shape index (κ2) is 16.6. The SMILES string of the molecule is CCCCCCCCCCCCCCCCCCN(C)S(=O)(=O)c1c[c]ccc1O. The molecule has 0 saturated heterocycles. The van der Waals surface area contributed by atoms with Crippen LogP contribution in [0.15, 0.2) is 23.1 Å². The zero-order chi connectivity index (χ0) is 22.1. The maximum absolute atomic E-state index is 12.5. The first kappa shape index (κ1) is 27.0. The van der Waals surface area contributed by atoms with E-state index in [-0.39, 0.29) is 10.6 Å². The third-order valence-corrected chi connectivity index (χ3v) is 7.71. The molecule has 1 aromatic carbocycles. The van der Waals surface area contributed by atoms with Gasteiger partial charge in [-0.05, 0) is 24.6 Å². The molecule has 0 aromatic heterocycles. The third-order valence-electron chi connectivity index (χ3n) is 5.82. The smallest absolute Gasteiger partial charge is 0.246 e. The molecule has 1 aromatic rings. The van der Waals surface area contributed by atoms with Gasteiger partial charge < -0.3 is 5.11 Å². The van der Waals surface area contributed by atoms with Crippen LogP contribution >= 0.6 is 0 Å². The molecule has 0 bridgehead atoms. The maximum Gasteiger partial charge on any atom is 0.246 e. The summed E-state index contributed by atoms with van der Waals surface area (Å²) in [4.78, 5) is -0.0657. The average Bonchev–Trinajstić information content (AvgIpc) is 2.73. The maximum atomic E-state index is 12.5. The standard InChI is InChI=1S/C25H44NO3S/c1-3-4-5-6-7-8-9-10-11-12-13-14-15-16-17-20-23-26(2)30(28,29)25-22-19-18-21-24(25)27/h18,21-22,27H,3-17,20,23H2,1-2H3. The lowest BCUT2D eigenvalue weighted by molar-refractivity contribution is 0.432. The minimum Gasteiger partial charge on any atom is -0.507 e. The largest absolute Gasteiger partial charge is 0.507 e. The van der Waals surface area contributed by atoms with Crippen molar-refractivity contribution in [3.63, 3.8) is 0 Å². The van der Waals surface area contributed by atoms with Crippen molar-refractivity contribution in [1.82, 2.24) is 4.31 Å². The second-order valence-electron chi connectivity index (χ2n) is 8.52. The van der Waals surface area contributed by atoms with E-state index >= 15 is 0 Å². The Kier molecular flexibility index (Phi) is 14.9. The number of rotatable bonds is 19. The molecule has 0 amide bonds. The van der Waals surface area contributed by atoms with Gasteiger partial charge in [-0.2, -0.15) is 0 Å². The highest BCUT2D eigenvalue weighted by Gasteiger charge is 2.23. The van der Waals surface area contributed by atoms with Crippen molar-refractivity contribution in [1.29, 1.82) is 0 Å². The Morgan fingerprint density at radius 2 is 1.23 bits per heavy atom. The summed E-state index contributed by atoms with van der Waals surface area (Å²) in [6.45, 7) is 2.75. The van der Waals surface area contributed by atoms with E-state index in [1.54, 1.807) is 7.05 Å². The molecule has 0 aliphatic carbocycles. The van der Waals surface area contributed by atoms with Crippen LogP contribution in [0.1, 0.15) is 110 Å². The Morgan fingerprint density at radius 1 is 0.800 bits per heavy atom. The highest BCUT2D eigenvalue weighted by molar-refractivity contribution is 7.89. The molecule has 0 atom stereocenters. The topological polar surface area (TPSA) is 57.6 Å². The molecular weight excluding hydrogens is 394 g/mol. The number of unbranched alkanes of at least 4 members (excludes halogenated alkanes) is 15. The van der Waals surface area contributed by atoms with Gasteiger partial charge in [-0.25, -0.2) is 12.7 Å². The molecule has 0 unspecified atom stereocenters. The highest BCUT2D eigenvalue weighted by atomic mass is 32.2. The summed E-state index contributed by atoms with van der Waals surface area (Å²) < 4.78 is 26.3. The third kappa shape index (κ3) is 11.4. The fraction of sp³-hybridized carbons (Fsp3) is 0.760. The van der Waals surface area contributed by atoms with Gasteiger partial charge in [-0.3, -0.25) is 0 Å². The van der Waals surface area contributed by atoms with E-state index < -0.39 is 10.0 Å². The lowest BCUT2D eigenvalue weighted by Crippen LogP contribution is -2.28. The Balaban J connectivity index is 1.96.